The van der Waals surface area contributed by atoms with Crippen LogP contribution in [0.4, 0.5) is 5.69 Å². The van der Waals surface area contributed by atoms with Crippen LogP contribution in [-0.2, 0) is 4.79 Å². The topological polar surface area (TPSA) is 82.4 Å². The summed E-state index contributed by atoms with van der Waals surface area (Å²) in [5.41, 5.74) is 1.07. The molecular formula is C22H19N3O4S. The maximum absolute atomic E-state index is 13.4. The summed E-state index contributed by atoms with van der Waals surface area (Å²) in [6, 6.07) is 12.3. The molecule has 1 aliphatic rings. The number of aryl methyl sites for hydroxylation is 1. The molecule has 0 radical (unpaired) electrons. The van der Waals surface area contributed by atoms with Crippen molar-refractivity contribution in [2.24, 2.45) is 0 Å². The van der Waals surface area contributed by atoms with Crippen LogP contribution in [-0.4, -0.2) is 22.5 Å². The average Bonchev–Trinajstić information content (AvgIpc) is 3.36. The van der Waals surface area contributed by atoms with Crippen LogP contribution >= 0.6 is 11.3 Å². The van der Waals surface area contributed by atoms with Crippen molar-refractivity contribution in [3.8, 4) is 11.5 Å². The minimum absolute atomic E-state index is 0.164. The molecule has 30 heavy (non-hydrogen) atoms. The number of thiophene rings is 1. The van der Waals surface area contributed by atoms with Gasteiger partial charge in [0.25, 0.3) is 5.56 Å². The molecule has 0 fully saturated rings. The molecule has 5 rings (SSSR count). The fourth-order valence-corrected chi connectivity index (χ4v) is 4.89. The van der Waals surface area contributed by atoms with Crippen LogP contribution in [0.2, 0.25) is 0 Å². The van der Waals surface area contributed by atoms with Crippen molar-refractivity contribution >= 4 is 43.1 Å². The van der Waals surface area contributed by atoms with Crippen LogP contribution in [0.1, 0.15) is 25.1 Å². The number of hydrogen-bond donors (Lipinski definition) is 1. The summed E-state index contributed by atoms with van der Waals surface area (Å²) in [6.45, 7) is 3.90. The SMILES string of the molecule is CCC(C(=O)Nc1ccc2c(c1)OCO2)n1nc(C)c2sc3ccccc3c2c1=O. The van der Waals surface area contributed by atoms with E-state index in [1.807, 2.05) is 38.1 Å². The second-order valence-corrected chi connectivity index (χ2v) is 8.17. The number of carbonyl (C=O) groups excluding carboxylic acids is 1. The first-order valence-electron chi connectivity index (χ1n) is 9.68. The number of aromatic nitrogens is 2. The van der Waals surface area contributed by atoms with Gasteiger partial charge in [0.1, 0.15) is 6.04 Å². The molecule has 1 aliphatic heterocycles. The molecule has 152 valence electrons. The second-order valence-electron chi connectivity index (χ2n) is 7.12. The molecule has 3 heterocycles. The predicted molar refractivity (Wildman–Crippen MR) is 117 cm³/mol. The fourth-order valence-electron chi connectivity index (χ4n) is 3.76. The Morgan fingerprint density at radius 2 is 2.03 bits per heavy atom. The lowest BCUT2D eigenvalue weighted by Gasteiger charge is -2.18. The number of amides is 1. The van der Waals surface area contributed by atoms with E-state index in [0.29, 0.717) is 29.0 Å². The van der Waals surface area contributed by atoms with Crippen LogP contribution in [0.15, 0.2) is 47.3 Å². The zero-order chi connectivity index (χ0) is 20.8. The van der Waals surface area contributed by atoms with Crippen molar-refractivity contribution in [3.63, 3.8) is 0 Å². The Morgan fingerprint density at radius 3 is 2.87 bits per heavy atom. The third kappa shape index (κ3) is 2.91. The highest BCUT2D eigenvalue weighted by Gasteiger charge is 2.25. The van der Waals surface area contributed by atoms with E-state index in [-0.39, 0.29) is 18.3 Å². The van der Waals surface area contributed by atoms with Gasteiger partial charge in [-0.2, -0.15) is 5.10 Å². The van der Waals surface area contributed by atoms with Gasteiger partial charge < -0.3 is 14.8 Å². The number of nitrogens with zero attached hydrogens (tertiary/aromatic N) is 2. The number of benzene rings is 2. The highest BCUT2D eigenvalue weighted by Crippen LogP contribution is 2.35. The van der Waals surface area contributed by atoms with Gasteiger partial charge >= 0.3 is 0 Å². The largest absolute Gasteiger partial charge is 0.454 e. The Morgan fingerprint density at radius 1 is 1.23 bits per heavy atom. The Hall–Kier alpha value is -3.39. The van der Waals surface area contributed by atoms with Gasteiger partial charge in [0.2, 0.25) is 12.7 Å². The molecule has 2 aromatic heterocycles. The first-order chi connectivity index (χ1) is 14.6. The summed E-state index contributed by atoms with van der Waals surface area (Å²) < 4.78 is 13.9. The van der Waals surface area contributed by atoms with Crippen LogP contribution in [0, 0.1) is 6.92 Å². The lowest BCUT2D eigenvalue weighted by molar-refractivity contribution is -0.119. The standard InChI is InChI=1S/C22H19N3O4S/c1-3-15(21(26)23-13-8-9-16-17(10-13)29-11-28-16)25-22(27)19-14-6-4-5-7-18(14)30-20(19)12(2)24-25/h4-10,15H,3,11H2,1-2H3,(H,23,26). The van der Waals surface area contributed by atoms with Gasteiger partial charge in [-0.3, -0.25) is 9.59 Å². The summed E-state index contributed by atoms with van der Waals surface area (Å²) in [5, 5.41) is 8.89. The van der Waals surface area contributed by atoms with Gasteiger partial charge in [0.15, 0.2) is 11.5 Å². The maximum Gasteiger partial charge on any atom is 0.276 e. The first-order valence-corrected chi connectivity index (χ1v) is 10.5. The molecule has 1 atom stereocenters. The zero-order valence-electron chi connectivity index (χ0n) is 16.5. The molecule has 0 bridgehead atoms. The Balaban J connectivity index is 1.55. The van der Waals surface area contributed by atoms with Crippen LogP contribution in [0.3, 0.4) is 0 Å². The molecule has 2 aromatic carbocycles. The van der Waals surface area contributed by atoms with E-state index in [1.165, 1.54) is 4.68 Å². The molecule has 1 amide bonds. The van der Waals surface area contributed by atoms with Gasteiger partial charge in [0.05, 0.1) is 15.8 Å². The minimum Gasteiger partial charge on any atom is -0.454 e. The smallest absolute Gasteiger partial charge is 0.276 e. The highest BCUT2D eigenvalue weighted by atomic mass is 32.1. The Bertz CT molecular complexity index is 1360. The van der Waals surface area contributed by atoms with E-state index < -0.39 is 6.04 Å². The molecular weight excluding hydrogens is 402 g/mol. The number of ether oxygens (including phenoxy) is 2. The second kappa shape index (κ2) is 7.14. The van der Waals surface area contributed by atoms with E-state index in [1.54, 1.807) is 29.5 Å². The average molecular weight is 421 g/mol. The monoisotopic (exact) mass is 421 g/mol. The normalized spacial score (nSPS) is 13.7. The van der Waals surface area contributed by atoms with Crippen LogP contribution in [0.25, 0.3) is 20.2 Å². The number of fused-ring (bicyclic) bond motifs is 4. The third-order valence-electron chi connectivity index (χ3n) is 5.23. The Labute approximate surface area is 175 Å². The number of nitrogens with one attached hydrogen (secondary N) is 1. The molecule has 1 N–H and O–H groups in total. The Kier molecular flexibility index (Phi) is 4.43. The number of hydrogen-bond acceptors (Lipinski definition) is 6. The van der Waals surface area contributed by atoms with Gasteiger partial charge in [-0.1, -0.05) is 25.1 Å². The molecule has 0 spiro atoms. The predicted octanol–water partition coefficient (Wildman–Crippen LogP) is 4.24. The molecule has 7 nitrogen and oxygen atoms in total. The third-order valence-corrected chi connectivity index (χ3v) is 6.51. The summed E-state index contributed by atoms with van der Waals surface area (Å²) in [6.07, 6.45) is 0.427. The molecule has 8 heteroatoms. The molecule has 4 aromatic rings. The zero-order valence-corrected chi connectivity index (χ0v) is 17.3. The lowest BCUT2D eigenvalue weighted by Crippen LogP contribution is -2.35. The summed E-state index contributed by atoms with van der Waals surface area (Å²) >= 11 is 1.55. The number of carbonyl (C=O) groups is 1. The molecule has 0 aliphatic carbocycles. The van der Waals surface area contributed by atoms with Crippen molar-refractivity contribution in [2.75, 3.05) is 12.1 Å². The number of anilines is 1. The van der Waals surface area contributed by atoms with E-state index in [2.05, 4.69) is 10.4 Å². The first kappa shape index (κ1) is 18.6. The number of rotatable bonds is 4. The van der Waals surface area contributed by atoms with Crippen molar-refractivity contribution in [3.05, 3.63) is 58.5 Å². The van der Waals surface area contributed by atoms with Crippen molar-refractivity contribution in [1.82, 2.24) is 9.78 Å². The van der Waals surface area contributed by atoms with E-state index in [4.69, 9.17) is 9.47 Å². The molecule has 0 saturated carbocycles. The molecule has 0 saturated heterocycles. The van der Waals surface area contributed by atoms with E-state index >= 15 is 0 Å². The van der Waals surface area contributed by atoms with Gasteiger partial charge in [0, 0.05) is 21.8 Å². The van der Waals surface area contributed by atoms with E-state index in [0.717, 1.165) is 20.5 Å². The lowest BCUT2D eigenvalue weighted by atomic mass is 10.1. The van der Waals surface area contributed by atoms with Crippen molar-refractivity contribution < 1.29 is 14.3 Å². The van der Waals surface area contributed by atoms with Crippen molar-refractivity contribution in [1.29, 1.82) is 0 Å². The highest BCUT2D eigenvalue weighted by molar-refractivity contribution is 7.26. The summed E-state index contributed by atoms with van der Waals surface area (Å²) in [4.78, 5) is 26.4. The maximum atomic E-state index is 13.4. The summed E-state index contributed by atoms with van der Waals surface area (Å²) in [5.74, 6) is 0.922. The van der Waals surface area contributed by atoms with Crippen LogP contribution < -0.4 is 20.3 Å². The summed E-state index contributed by atoms with van der Waals surface area (Å²) in [7, 11) is 0. The van der Waals surface area contributed by atoms with Gasteiger partial charge in [-0.25, -0.2) is 4.68 Å². The van der Waals surface area contributed by atoms with Crippen molar-refractivity contribution in [2.45, 2.75) is 26.3 Å². The minimum atomic E-state index is -0.732. The quantitative estimate of drug-likeness (QED) is 0.533. The molecule has 1 unspecified atom stereocenters. The van der Waals surface area contributed by atoms with Crippen LogP contribution in [0.5, 0.6) is 11.5 Å². The van der Waals surface area contributed by atoms with E-state index in [9.17, 15) is 9.59 Å². The fraction of sp³-hybridized carbons (Fsp3) is 0.227. The van der Waals surface area contributed by atoms with Gasteiger partial charge in [-0.15, -0.1) is 11.3 Å². The van der Waals surface area contributed by atoms with Gasteiger partial charge in [-0.05, 0) is 31.5 Å².